The summed E-state index contributed by atoms with van der Waals surface area (Å²) in [6.07, 6.45) is 7.03. The first-order chi connectivity index (χ1) is 24.3. The Labute approximate surface area is 285 Å². The Bertz CT molecular complexity index is 2580. The van der Waals surface area contributed by atoms with Gasteiger partial charge in [-0.05, 0) is 128 Å². The van der Waals surface area contributed by atoms with E-state index >= 15 is 0 Å². The predicted octanol–water partition coefficient (Wildman–Crippen LogP) is 12.2. The third kappa shape index (κ3) is 3.38. The van der Waals surface area contributed by atoms with Gasteiger partial charge in [-0.1, -0.05) is 72.8 Å². The Morgan fingerprint density at radius 2 is 1.04 bits per heavy atom. The van der Waals surface area contributed by atoms with E-state index in [1.807, 2.05) is 6.07 Å². The van der Waals surface area contributed by atoms with Crippen LogP contribution >= 0.6 is 0 Å². The van der Waals surface area contributed by atoms with E-state index in [9.17, 15) is 0 Å². The quantitative estimate of drug-likeness (QED) is 0.189. The van der Waals surface area contributed by atoms with Gasteiger partial charge in [0.25, 0.3) is 0 Å². The molecule has 3 heterocycles. The first-order valence-corrected chi connectivity index (χ1v) is 18.2. The molecule has 4 aliphatic carbocycles. The highest BCUT2D eigenvalue weighted by Crippen LogP contribution is 2.69. The second-order valence-electron chi connectivity index (χ2n) is 15.4. The number of para-hydroxylation sites is 4. The fourth-order valence-corrected chi connectivity index (χ4v) is 11.6. The van der Waals surface area contributed by atoms with Crippen molar-refractivity contribution in [3.8, 4) is 5.69 Å². The molecule has 0 unspecified atom stereocenters. The highest BCUT2D eigenvalue weighted by atomic mass is 16.3. The molecule has 5 aliphatic rings. The van der Waals surface area contributed by atoms with Crippen LogP contribution in [-0.2, 0) is 5.41 Å². The van der Waals surface area contributed by atoms with Gasteiger partial charge in [0, 0.05) is 38.3 Å². The summed E-state index contributed by atoms with van der Waals surface area (Å²) in [7, 11) is 0. The molecule has 0 amide bonds. The zero-order valence-electron chi connectivity index (χ0n) is 27.3. The fourth-order valence-electron chi connectivity index (χ4n) is 11.6. The van der Waals surface area contributed by atoms with Crippen molar-refractivity contribution in [2.24, 2.45) is 23.7 Å². The summed E-state index contributed by atoms with van der Waals surface area (Å²) in [6, 6.07) is 49.9. The van der Waals surface area contributed by atoms with Gasteiger partial charge in [-0.15, -0.1) is 0 Å². The van der Waals surface area contributed by atoms with Crippen molar-refractivity contribution in [1.29, 1.82) is 0 Å². The summed E-state index contributed by atoms with van der Waals surface area (Å²) in [6.45, 7) is 0. The first kappa shape index (κ1) is 26.6. The minimum Gasteiger partial charge on any atom is -0.456 e. The van der Waals surface area contributed by atoms with Crippen LogP contribution in [0.3, 0.4) is 0 Å². The Kier molecular flexibility index (Phi) is 5.14. The van der Waals surface area contributed by atoms with Crippen molar-refractivity contribution in [1.82, 2.24) is 4.57 Å². The number of aromatic nitrogens is 1. The third-order valence-electron chi connectivity index (χ3n) is 13.1. The summed E-state index contributed by atoms with van der Waals surface area (Å²) in [4.78, 5) is 2.58. The summed E-state index contributed by atoms with van der Waals surface area (Å²) < 4.78 is 8.63. The Balaban J connectivity index is 1.07. The minimum absolute atomic E-state index is 0.118. The second-order valence-corrected chi connectivity index (χ2v) is 15.4. The topological polar surface area (TPSA) is 21.3 Å². The van der Waals surface area contributed by atoms with E-state index in [4.69, 9.17) is 4.42 Å². The summed E-state index contributed by atoms with van der Waals surface area (Å²) in [5.41, 5.74) is 12.6. The molecule has 6 aromatic carbocycles. The molecule has 49 heavy (non-hydrogen) atoms. The maximum Gasteiger partial charge on any atom is 0.135 e. The van der Waals surface area contributed by atoms with Gasteiger partial charge in [0.05, 0.1) is 22.4 Å². The summed E-state index contributed by atoms with van der Waals surface area (Å²) in [5, 5.41) is 4.85. The molecule has 1 spiro atoms. The zero-order valence-corrected chi connectivity index (χ0v) is 27.3. The number of furan rings is 1. The number of hydrogen-bond donors (Lipinski definition) is 0. The van der Waals surface area contributed by atoms with Gasteiger partial charge < -0.3 is 13.9 Å². The highest BCUT2D eigenvalue weighted by molar-refractivity contribution is 6.12. The predicted molar refractivity (Wildman–Crippen MR) is 201 cm³/mol. The van der Waals surface area contributed by atoms with Crippen LogP contribution in [0.25, 0.3) is 49.4 Å². The van der Waals surface area contributed by atoms with E-state index in [2.05, 4.69) is 137 Å². The number of hydrogen-bond acceptors (Lipinski definition) is 2. The van der Waals surface area contributed by atoms with Crippen LogP contribution in [-0.4, -0.2) is 4.57 Å². The molecule has 8 aromatic rings. The largest absolute Gasteiger partial charge is 0.456 e. The van der Waals surface area contributed by atoms with Crippen molar-refractivity contribution in [3.05, 3.63) is 145 Å². The Morgan fingerprint density at radius 3 is 1.80 bits per heavy atom. The molecule has 3 heteroatoms. The molecule has 2 aromatic heterocycles. The molecule has 13 rings (SSSR count). The van der Waals surface area contributed by atoms with Gasteiger partial charge in [-0.3, -0.25) is 0 Å². The van der Waals surface area contributed by atoms with Gasteiger partial charge >= 0.3 is 0 Å². The summed E-state index contributed by atoms with van der Waals surface area (Å²) in [5.74, 6) is 3.33. The van der Waals surface area contributed by atoms with Gasteiger partial charge in [0.15, 0.2) is 0 Å². The monoisotopic (exact) mass is 632 g/mol. The lowest BCUT2D eigenvalue weighted by molar-refractivity contribution is -0.0419. The molecule has 0 N–H and O–H groups in total. The molecule has 1 aliphatic heterocycles. The molecule has 3 nitrogen and oxygen atoms in total. The standard InChI is InChI=1S/C46H36N2O/c1-5-13-40-34(9-1)36-26-32(17-19-41(36)47(40)33-18-20-45-37(27-33)35-10-2-8-16-44(35)49-45)48-42-14-6-3-11-38(42)46(39-12-4-7-15-43(39)48)30-22-28-21-29(24-30)25-31(46)23-28/h1-20,26-31H,21-25H2/t28-,29?,30-,31?/m0/s1. The van der Waals surface area contributed by atoms with Crippen molar-refractivity contribution in [2.45, 2.75) is 37.5 Å². The lowest BCUT2D eigenvalue weighted by Crippen LogP contribution is -2.57. The van der Waals surface area contributed by atoms with Gasteiger partial charge in [-0.2, -0.15) is 0 Å². The zero-order chi connectivity index (χ0) is 31.8. The smallest absolute Gasteiger partial charge is 0.135 e. The number of rotatable bonds is 2. The second kappa shape index (κ2) is 9.45. The van der Waals surface area contributed by atoms with E-state index in [0.717, 1.165) is 51.3 Å². The molecule has 4 fully saturated rings. The van der Waals surface area contributed by atoms with Crippen LogP contribution in [0.5, 0.6) is 0 Å². The maximum absolute atomic E-state index is 6.20. The van der Waals surface area contributed by atoms with E-state index in [-0.39, 0.29) is 5.41 Å². The minimum atomic E-state index is 0.118. The SMILES string of the molecule is c1ccc2c(c1)N(c1ccc3c(c1)c1ccccc1n3-c1ccc3oc4ccccc4c3c1)c1ccccc1C21C2CC3C[C@H](C2)C[C@H]1C3. The van der Waals surface area contributed by atoms with E-state index in [1.54, 1.807) is 11.1 Å². The van der Waals surface area contributed by atoms with Crippen molar-refractivity contribution >= 4 is 60.8 Å². The van der Waals surface area contributed by atoms with E-state index in [1.165, 1.54) is 71.0 Å². The lowest BCUT2D eigenvalue weighted by atomic mass is 9.41. The Hall–Kier alpha value is -5.28. The molecule has 0 atom stereocenters. The van der Waals surface area contributed by atoms with Crippen LogP contribution < -0.4 is 4.90 Å². The number of nitrogens with zero attached hydrogens (tertiary/aromatic N) is 2. The van der Waals surface area contributed by atoms with Gasteiger partial charge in [0.2, 0.25) is 0 Å². The highest BCUT2D eigenvalue weighted by Gasteiger charge is 2.61. The van der Waals surface area contributed by atoms with Crippen LogP contribution in [0.1, 0.15) is 43.2 Å². The molecule has 236 valence electrons. The maximum atomic E-state index is 6.20. The van der Waals surface area contributed by atoms with Crippen molar-refractivity contribution in [3.63, 3.8) is 0 Å². The fraction of sp³-hybridized carbons (Fsp3) is 0.217. The van der Waals surface area contributed by atoms with E-state index < -0.39 is 0 Å². The van der Waals surface area contributed by atoms with Crippen LogP contribution in [0.2, 0.25) is 0 Å². The number of anilines is 3. The molecule has 0 saturated heterocycles. The molecule has 0 radical (unpaired) electrons. The molecule has 4 saturated carbocycles. The van der Waals surface area contributed by atoms with Crippen molar-refractivity contribution in [2.75, 3.05) is 4.90 Å². The van der Waals surface area contributed by atoms with Gasteiger partial charge in [0.1, 0.15) is 11.2 Å². The number of benzene rings is 6. The van der Waals surface area contributed by atoms with Crippen LogP contribution in [0.15, 0.2) is 138 Å². The number of fused-ring (bicyclic) bond motifs is 8. The third-order valence-corrected chi connectivity index (χ3v) is 13.1. The molecular weight excluding hydrogens is 597 g/mol. The van der Waals surface area contributed by atoms with Gasteiger partial charge in [-0.25, -0.2) is 0 Å². The average molecular weight is 633 g/mol. The van der Waals surface area contributed by atoms with E-state index in [0.29, 0.717) is 0 Å². The summed E-state index contributed by atoms with van der Waals surface area (Å²) >= 11 is 0. The average Bonchev–Trinajstić information content (AvgIpc) is 3.68. The molecular formula is C46H36N2O. The first-order valence-electron chi connectivity index (χ1n) is 18.2. The van der Waals surface area contributed by atoms with Crippen LogP contribution in [0, 0.1) is 23.7 Å². The van der Waals surface area contributed by atoms with Crippen LogP contribution in [0.4, 0.5) is 17.1 Å². The molecule has 4 bridgehead atoms. The normalized spacial score (nSPS) is 23.2. The lowest BCUT2D eigenvalue weighted by Gasteiger charge is -2.64. The van der Waals surface area contributed by atoms with Crippen molar-refractivity contribution < 1.29 is 4.42 Å². The Morgan fingerprint density at radius 1 is 0.469 bits per heavy atom.